The third kappa shape index (κ3) is 4.23. The first-order chi connectivity index (χ1) is 14.4. The van der Waals surface area contributed by atoms with Crippen LogP contribution in [0.2, 0.25) is 5.02 Å². The summed E-state index contributed by atoms with van der Waals surface area (Å²) in [4.78, 5) is 21.2. The Bertz CT molecular complexity index is 1040. The van der Waals surface area contributed by atoms with Crippen molar-refractivity contribution in [3.05, 3.63) is 76.6 Å². The van der Waals surface area contributed by atoms with E-state index < -0.39 is 11.9 Å². The highest BCUT2D eigenvalue weighted by atomic mass is 35.5. The summed E-state index contributed by atoms with van der Waals surface area (Å²) >= 11 is 5.99. The fourth-order valence-corrected chi connectivity index (χ4v) is 3.96. The maximum absolute atomic E-state index is 13.0. The summed E-state index contributed by atoms with van der Waals surface area (Å²) in [6, 6.07) is 8.39. The number of aromatic nitrogens is 2. The Hall–Kier alpha value is -2.74. The molecule has 2 heterocycles. The number of hydrogen-bond acceptors (Lipinski definition) is 7. The highest BCUT2D eigenvalue weighted by molar-refractivity contribution is 6.30. The van der Waals surface area contributed by atoms with Gasteiger partial charge in [-0.05, 0) is 42.5 Å². The van der Waals surface area contributed by atoms with Crippen molar-refractivity contribution in [3.8, 4) is 0 Å². The first-order valence-corrected chi connectivity index (χ1v) is 10.1. The fraction of sp³-hybridized carbons (Fsp3) is 0.318. The van der Waals surface area contributed by atoms with Crippen molar-refractivity contribution in [1.29, 1.82) is 0 Å². The first kappa shape index (κ1) is 20.5. The zero-order valence-electron chi connectivity index (χ0n) is 16.3. The number of carbonyl (C=O) groups excluding carboxylic acids is 1. The van der Waals surface area contributed by atoms with E-state index >= 15 is 0 Å². The number of benzene rings is 1. The third-order valence-electron chi connectivity index (χ3n) is 5.46. The van der Waals surface area contributed by atoms with E-state index in [9.17, 15) is 15.0 Å². The van der Waals surface area contributed by atoms with Gasteiger partial charge in [-0.3, -0.25) is 4.79 Å². The number of nitrogens with one attached hydrogen (secondary N) is 1. The topological polar surface area (TPSA) is 108 Å². The molecule has 4 atom stereocenters. The van der Waals surface area contributed by atoms with Gasteiger partial charge in [0.1, 0.15) is 18.2 Å². The molecule has 8 heteroatoms. The SMILES string of the molecule is C[C@@H]1C[C@@H](Nc2ncncc2C(=O)c2cc([C@H](O)c3cccc(Cl)c3)co2)C[C@@H]1O. The lowest BCUT2D eigenvalue weighted by molar-refractivity contribution is 0.101. The molecule has 2 aromatic heterocycles. The number of halogens is 1. The molecule has 7 nitrogen and oxygen atoms in total. The molecule has 1 aliphatic carbocycles. The molecule has 0 saturated heterocycles. The zero-order valence-corrected chi connectivity index (χ0v) is 17.1. The lowest BCUT2D eigenvalue weighted by Crippen LogP contribution is -2.20. The van der Waals surface area contributed by atoms with Crippen LogP contribution in [0.15, 0.2) is 53.5 Å². The van der Waals surface area contributed by atoms with E-state index in [1.165, 1.54) is 24.9 Å². The predicted octanol–water partition coefficient (Wildman–Crippen LogP) is 3.61. The molecule has 3 aromatic rings. The second-order valence-corrected chi connectivity index (χ2v) is 8.11. The maximum atomic E-state index is 13.0. The second kappa shape index (κ2) is 8.55. The molecule has 1 aliphatic rings. The smallest absolute Gasteiger partial charge is 0.233 e. The minimum absolute atomic E-state index is 0.0215. The third-order valence-corrected chi connectivity index (χ3v) is 5.70. The first-order valence-electron chi connectivity index (χ1n) is 9.73. The summed E-state index contributed by atoms with van der Waals surface area (Å²) in [6.45, 7) is 1.99. The molecule has 0 unspecified atom stereocenters. The van der Waals surface area contributed by atoms with E-state index in [0.717, 1.165) is 6.42 Å². The second-order valence-electron chi connectivity index (χ2n) is 7.67. The van der Waals surface area contributed by atoms with E-state index in [1.807, 2.05) is 6.92 Å². The van der Waals surface area contributed by atoms with Crippen LogP contribution in [0.3, 0.4) is 0 Å². The number of rotatable bonds is 6. The summed E-state index contributed by atoms with van der Waals surface area (Å²) in [5.41, 5.74) is 1.31. The van der Waals surface area contributed by atoms with Gasteiger partial charge in [0.2, 0.25) is 5.78 Å². The van der Waals surface area contributed by atoms with E-state index in [2.05, 4.69) is 15.3 Å². The summed E-state index contributed by atoms with van der Waals surface area (Å²) in [7, 11) is 0. The van der Waals surface area contributed by atoms with Gasteiger partial charge in [-0.15, -0.1) is 0 Å². The molecule has 156 valence electrons. The van der Waals surface area contributed by atoms with E-state index in [1.54, 1.807) is 24.3 Å². The van der Waals surface area contributed by atoms with Crippen LogP contribution in [0.1, 0.15) is 53.1 Å². The van der Waals surface area contributed by atoms with Crippen molar-refractivity contribution in [3.63, 3.8) is 0 Å². The van der Waals surface area contributed by atoms with E-state index in [-0.39, 0.29) is 29.4 Å². The molecule has 0 radical (unpaired) electrons. The number of hydrogen-bond donors (Lipinski definition) is 3. The lowest BCUT2D eigenvalue weighted by Gasteiger charge is -2.14. The highest BCUT2D eigenvalue weighted by Gasteiger charge is 2.31. The van der Waals surface area contributed by atoms with Gasteiger partial charge < -0.3 is 19.9 Å². The zero-order chi connectivity index (χ0) is 21.3. The molecule has 3 N–H and O–H groups in total. The number of furan rings is 1. The molecular formula is C22H22ClN3O4. The van der Waals surface area contributed by atoms with Crippen molar-refractivity contribution >= 4 is 23.2 Å². The van der Waals surface area contributed by atoms with Gasteiger partial charge in [-0.25, -0.2) is 9.97 Å². The number of aliphatic hydroxyl groups is 2. The summed E-state index contributed by atoms with van der Waals surface area (Å²) < 4.78 is 5.45. The van der Waals surface area contributed by atoms with Crippen molar-refractivity contribution < 1.29 is 19.4 Å². The van der Waals surface area contributed by atoms with Crippen LogP contribution in [0.5, 0.6) is 0 Å². The number of ketones is 1. The molecule has 1 aromatic carbocycles. The van der Waals surface area contributed by atoms with Crippen molar-refractivity contribution in [2.24, 2.45) is 5.92 Å². The van der Waals surface area contributed by atoms with Crippen molar-refractivity contribution in [1.82, 2.24) is 9.97 Å². The summed E-state index contributed by atoms with van der Waals surface area (Å²) in [5, 5.41) is 24.3. The number of nitrogens with zero attached hydrogens (tertiary/aromatic N) is 2. The molecule has 30 heavy (non-hydrogen) atoms. The van der Waals surface area contributed by atoms with Crippen LogP contribution in [0, 0.1) is 5.92 Å². The number of anilines is 1. The molecule has 0 aliphatic heterocycles. The Morgan fingerprint density at radius 3 is 2.87 bits per heavy atom. The van der Waals surface area contributed by atoms with Gasteiger partial charge in [0.25, 0.3) is 0 Å². The number of aliphatic hydroxyl groups excluding tert-OH is 2. The molecule has 4 rings (SSSR count). The van der Waals surface area contributed by atoms with Gasteiger partial charge in [-0.1, -0.05) is 30.7 Å². The quantitative estimate of drug-likeness (QED) is 0.515. The predicted molar refractivity (Wildman–Crippen MR) is 112 cm³/mol. The van der Waals surface area contributed by atoms with Gasteiger partial charge >= 0.3 is 0 Å². The molecule has 1 fully saturated rings. The molecule has 0 spiro atoms. The minimum atomic E-state index is -0.972. The largest absolute Gasteiger partial charge is 0.460 e. The average Bonchev–Trinajstić information content (AvgIpc) is 3.34. The van der Waals surface area contributed by atoms with Gasteiger partial charge in [0.15, 0.2) is 5.76 Å². The van der Waals surface area contributed by atoms with Gasteiger partial charge in [-0.2, -0.15) is 0 Å². The monoisotopic (exact) mass is 427 g/mol. The van der Waals surface area contributed by atoms with Gasteiger partial charge in [0, 0.05) is 22.8 Å². The van der Waals surface area contributed by atoms with Crippen LogP contribution >= 0.6 is 11.6 Å². The Balaban J connectivity index is 1.54. The Morgan fingerprint density at radius 2 is 2.13 bits per heavy atom. The maximum Gasteiger partial charge on any atom is 0.233 e. The van der Waals surface area contributed by atoms with E-state index in [0.29, 0.717) is 28.4 Å². The minimum Gasteiger partial charge on any atom is -0.460 e. The molecular weight excluding hydrogens is 406 g/mol. The Labute approximate surface area is 178 Å². The Kier molecular flexibility index (Phi) is 5.85. The van der Waals surface area contributed by atoms with Crippen molar-refractivity contribution in [2.75, 3.05) is 5.32 Å². The standard InChI is InChI=1S/C22H22ClN3O4/c1-12-5-16(8-18(12)27)26-22-17(9-24-11-25-22)21(29)19-7-14(10-30-19)20(28)13-3-2-4-15(23)6-13/h2-4,6-7,9-12,16,18,20,27-28H,5,8H2,1H3,(H,24,25,26)/t12-,16-,18+,20-/m1/s1. The van der Waals surface area contributed by atoms with Crippen LogP contribution in [-0.4, -0.2) is 38.1 Å². The summed E-state index contributed by atoms with van der Waals surface area (Å²) in [5.74, 6) is 0.261. The fourth-order valence-electron chi connectivity index (χ4n) is 3.76. The molecule has 0 bridgehead atoms. The van der Waals surface area contributed by atoms with E-state index in [4.69, 9.17) is 16.0 Å². The van der Waals surface area contributed by atoms with Crippen LogP contribution < -0.4 is 5.32 Å². The van der Waals surface area contributed by atoms with Gasteiger partial charge in [0.05, 0.1) is 17.9 Å². The lowest BCUT2D eigenvalue weighted by atomic mass is 10.0. The van der Waals surface area contributed by atoms with Crippen LogP contribution in [-0.2, 0) is 0 Å². The highest BCUT2D eigenvalue weighted by Crippen LogP contribution is 2.30. The average molecular weight is 428 g/mol. The normalized spacial score (nSPS) is 22.1. The molecule has 1 saturated carbocycles. The molecule has 0 amide bonds. The van der Waals surface area contributed by atoms with Crippen LogP contribution in [0.25, 0.3) is 0 Å². The van der Waals surface area contributed by atoms with Crippen molar-refractivity contribution in [2.45, 2.75) is 38.0 Å². The number of carbonyl (C=O) groups is 1. The summed E-state index contributed by atoms with van der Waals surface area (Å²) in [6.07, 6.45) is 4.19. The van der Waals surface area contributed by atoms with Crippen LogP contribution in [0.4, 0.5) is 5.82 Å². The Morgan fingerprint density at radius 1 is 1.30 bits per heavy atom.